The molecule has 112 valence electrons. The van der Waals surface area contributed by atoms with Crippen molar-refractivity contribution in [3.63, 3.8) is 0 Å². The fourth-order valence-electron chi connectivity index (χ4n) is 2.47. The second-order valence-electron chi connectivity index (χ2n) is 6.60. The summed E-state index contributed by atoms with van der Waals surface area (Å²) in [5.41, 5.74) is 5.62. The number of hydrogen-bond donors (Lipinski definition) is 1. The van der Waals surface area contributed by atoms with E-state index < -0.39 is 14.6 Å². The topological polar surface area (TPSA) is 77.2 Å². The molecule has 1 aliphatic carbocycles. The van der Waals surface area contributed by atoms with Gasteiger partial charge >= 0.3 is 0 Å². The highest BCUT2D eigenvalue weighted by Gasteiger charge is 2.31. The molecule has 0 aromatic carbocycles. The quantitative estimate of drug-likeness (QED) is 0.839. The molecule has 0 aromatic rings. The summed E-state index contributed by atoms with van der Waals surface area (Å²) in [5.74, 6) is 0.690. The summed E-state index contributed by atoms with van der Waals surface area (Å²) in [4.78, 5) is 12.1. The molecular formula is C14H27NO3S. The van der Waals surface area contributed by atoms with Gasteiger partial charge in [0.2, 0.25) is 0 Å². The van der Waals surface area contributed by atoms with E-state index in [0.29, 0.717) is 12.5 Å². The van der Waals surface area contributed by atoms with Crippen LogP contribution in [0.4, 0.5) is 0 Å². The molecule has 0 atom stereocenters. The van der Waals surface area contributed by atoms with Crippen molar-refractivity contribution in [3.05, 3.63) is 0 Å². The van der Waals surface area contributed by atoms with Crippen molar-refractivity contribution in [2.75, 3.05) is 12.3 Å². The van der Waals surface area contributed by atoms with E-state index in [-0.39, 0.29) is 23.9 Å². The highest BCUT2D eigenvalue weighted by molar-refractivity contribution is 7.92. The molecule has 0 aromatic heterocycles. The lowest BCUT2D eigenvalue weighted by atomic mass is 9.79. The Morgan fingerprint density at radius 3 is 2.11 bits per heavy atom. The van der Waals surface area contributed by atoms with Crippen LogP contribution >= 0.6 is 0 Å². The first-order valence-corrected chi connectivity index (χ1v) is 8.77. The van der Waals surface area contributed by atoms with Crippen LogP contribution in [0.3, 0.4) is 0 Å². The molecule has 0 amide bonds. The third kappa shape index (κ3) is 4.56. The average Bonchev–Trinajstić information content (AvgIpc) is 2.35. The molecule has 2 N–H and O–H groups in total. The Labute approximate surface area is 117 Å². The highest BCUT2D eigenvalue weighted by Crippen LogP contribution is 2.29. The molecular weight excluding hydrogens is 262 g/mol. The van der Waals surface area contributed by atoms with Crippen LogP contribution in [0.5, 0.6) is 0 Å². The molecule has 0 aliphatic heterocycles. The lowest BCUT2D eigenvalue weighted by Gasteiger charge is -2.27. The van der Waals surface area contributed by atoms with Gasteiger partial charge < -0.3 is 5.73 Å². The molecule has 1 saturated carbocycles. The monoisotopic (exact) mass is 289 g/mol. The standard InChI is InChI=1S/C14H27NO3S/c1-14(2,3)19(17,18)9-8-13(16)12-6-4-11(10-15)5-7-12/h11-12H,4-10,15H2,1-3H3. The number of carbonyl (C=O) groups is 1. The van der Waals surface area contributed by atoms with Crippen molar-refractivity contribution in [1.29, 1.82) is 0 Å². The molecule has 0 unspecified atom stereocenters. The lowest BCUT2D eigenvalue weighted by Crippen LogP contribution is -2.32. The second-order valence-corrected chi connectivity index (χ2v) is 9.46. The van der Waals surface area contributed by atoms with Crippen molar-refractivity contribution < 1.29 is 13.2 Å². The van der Waals surface area contributed by atoms with Gasteiger partial charge in [0, 0.05) is 12.3 Å². The molecule has 0 heterocycles. The number of carbonyl (C=O) groups excluding carboxylic acids is 1. The van der Waals surface area contributed by atoms with Crippen LogP contribution in [-0.2, 0) is 14.6 Å². The minimum Gasteiger partial charge on any atom is -0.330 e. The summed E-state index contributed by atoms with van der Waals surface area (Å²) in [6, 6.07) is 0. The summed E-state index contributed by atoms with van der Waals surface area (Å²) in [7, 11) is -3.19. The molecule has 5 heteroatoms. The zero-order valence-corrected chi connectivity index (χ0v) is 13.1. The van der Waals surface area contributed by atoms with Crippen molar-refractivity contribution in [3.8, 4) is 0 Å². The van der Waals surface area contributed by atoms with Gasteiger partial charge in [0.15, 0.2) is 9.84 Å². The number of Topliss-reactive ketones (excluding diaryl/α,β-unsaturated/α-hetero) is 1. The van der Waals surface area contributed by atoms with Crippen LogP contribution in [0.15, 0.2) is 0 Å². The Morgan fingerprint density at radius 1 is 1.16 bits per heavy atom. The Hall–Kier alpha value is -0.420. The Balaban J connectivity index is 2.45. The van der Waals surface area contributed by atoms with Crippen molar-refractivity contribution in [1.82, 2.24) is 0 Å². The third-order valence-corrected chi connectivity index (χ3v) is 6.79. The van der Waals surface area contributed by atoms with Gasteiger partial charge in [0.1, 0.15) is 5.78 Å². The van der Waals surface area contributed by atoms with Crippen molar-refractivity contribution >= 4 is 15.6 Å². The van der Waals surface area contributed by atoms with Crippen LogP contribution in [0, 0.1) is 11.8 Å². The number of rotatable bonds is 5. The maximum Gasteiger partial charge on any atom is 0.155 e. The van der Waals surface area contributed by atoms with E-state index in [1.165, 1.54) is 0 Å². The third-order valence-electron chi connectivity index (χ3n) is 4.19. The zero-order chi connectivity index (χ0) is 14.7. The molecule has 0 radical (unpaired) electrons. The van der Waals surface area contributed by atoms with Crippen LogP contribution < -0.4 is 5.73 Å². The summed E-state index contributed by atoms with van der Waals surface area (Å²) >= 11 is 0. The summed E-state index contributed by atoms with van der Waals surface area (Å²) < 4.78 is 23.2. The highest BCUT2D eigenvalue weighted by atomic mass is 32.2. The van der Waals surface area contributed by atoms with Gasteiger partial charge in [-0.15, -0.1) is 0 Å². The summed E-state index contributed by atoms with van der Waals surface area (Å²) in [5, 5.41) is 0. The minimum absolute atomic E-state index is 0.0217. The fraction of sp³-hybridized carbons (Fsp3) is 0.929. The van der Waals surface area contributed by atoms with Crippen molar-refractivity contribution in [2.24, 2.45) is 17.6 Å². The van der Waals surface area contributed by atoms with Crippen LogP contribution in [0.25, 0.3) is 0 Å². The van der Waals surface area contributed by atoms with Gasteiger partial charge in [-0.3, -0.25) is 4.79 Å². The van der Waals surface area contributed by atoms with Crippen LogP contribution in [0.2, 0.25) is 0 Å². The maximum absolute atomic E-state index is 12.1. The summed E-state index contributed by atoms with van der Waals surface area (Å²) in [6.07, 6.45) is 3.90. The molecule has 0 bridgehead atoms. The molecule has 0 spiro atoms. The maximum atomic E-state index is 12.1. The Morgan fingerprint density at radius 2 is 1.68 bits per heavy atom. The van der Waals surface area contributed by atoms with Gasteiger partial charge in [0.25, 0.3) is 0 Å². The SMILES string of the molecule is CC(C)(C)S(=O)(=O)CCC(=O)C1CCC(CN)CC1. The molecule has 1 rings (SSSR count). The molecule has 0 saturated heterocycles. The predicted molar refractivity (Wildman–Crippen MR) is 77.7 cm³/mol. The average molecular weight is 289 g/mol. The molecule has 4 nitrogen and oxygen atoms in total. The molecule has 1 fully saturated rings. The van der Waals surface area contributed by atoms with Crippen LogP contribution in [-0.4, -0.2) is 31.2 Å². The normalized spacial score (nSPS) is 25.3. The lowest BCUT2D eigenvalue weighted by molar-refractivity contribution is -0.123. The largest absolute Gasteiger partial charge is 0.330 e. The number of nitrogens with two attached hydrogens (primary N) is 1. The van der Waals surface area contributed by atoms with E-state index >= 15 is 0 Å². The van der Waals surface area contributed by atoms with E-state index in [1.807, 2.05) is 0 Å². The molecule has 1 aliphatic rings. The van der Waals surface area contributed by atoms with Gasteiger partial charge in [-0.2, -0.15) is 0 Å². The van der Waals surface area contributed by atoms with Gasteiger partial charge in [-0.05, 0) is 58.9 Å². The Bertz CT molecular complexity index is 401. The Kier molecular flexibility index (Phi) is 5.56. The van der Waals surface area contributed by atoms with Crippen LogP contribution in [0.1, 0.15) is 52.9 Å². The van der Waals surface area contributed by atoms with E-state index in [9.17, 15) is 13.2 Å². The van der Waals surface area contributed by atoms with Gasteiger partial charge in [0.05, 0.1) is 10.5 Å². The predicted octanol–water partition coefficient (Wildman–Crippen LogP) is 1.92. The van der Waals surface area contributed by atoms with Crippen molar-refractivity contribution in [2.45, 2.75) is 57.6 Å². The van der Waals surface area contributed by atoms with E-state index in [2.05, 4.69) is 0 Å². The number of sulfone groups is 1. The number of hydrogen-bond acceptors (Lipinski definition) is 4. The first-order valence-electron chi connectivity index (χ1n) is 7.12. The minimum atomic E-state index is -3.19. The first kappa shape index (κ1) is 16.6. The first-order chi connectivity index (χ1) is 8.67. The smallest absolute Gasteiger partial charge is 0.155 e. The van der Waals surface area contributed by atoms with E-state index in [0.717, 1.165) is 25.7 Å². The van der Waals surface area contributed by atoms with Gasteiger partial charge in [-0.25, -0.2) is 8.42 Å². The second kappa shape index (κ2) is 6.35. The van der Waals surface area contributed by atoms with E-state index in [4.69, 9.17) is 5.73 Å². The number of ketones is 1. The van der Waals surface area contributed by atoms with E-state index in [1.54, 1.807) is 20.8 Å². The molecule has 19 heavy (non-hydrogen) atoms. The summed E-state index contributed by atoms with van der Waals surface area (Å²) in [6.45, 7) is 5.73. The fourth-order valence-corrected chi connectivity index (χ4v) is 3.55. The zero-order valence-electron chi connectivity index (χ0n) is 12.3. The van der Waals surface area contributed by atoms with Gasteiger partial charge in [-0.1, -0.05) is 0 Å².